The van der Waals surface area contributed by atoms with Crippen LogP contribution < -0.4 is 0 Å². The van der Waals surface area contributed by atoms with Gasteiger partial charge in [-0.2, -0.15) is 0 Å². The highest BCUT2D eigenvalue weighted by Crippen LogP contribution is 2.52. The van der Waals surface area contributed by atoms with E-state index < -0.39 is 0 Å². The van der Waals surface area contributed by atoms with Gasteiger partial charge in [0.15, 0.2) is 0 Å². The van der Waals surface area contributed by atoms with Crippen molar-refractivity contribution in [1.82, 2.24) is 9.55 Å². The molecule has 1 saturated carbocycles. The molecule has 1 aliphatic carbocycles. The molecule has 1 unspecified atom stereocenters. The summed E-state index contributed by atoms with van der Waals surface area (Å²) in [6.07, 6.45) is 1.93. The summed E-state index contributed by atoms with van der Waals surface area (Å²) in [5, 5.41) is 0. The second-order valence-electron chi connectivity index (χ2n) is 6.22. The zero-order valence-corrected chi connectivity index (χ0v) is 13.9. The van der Waals surface area contributed by atoms with Crippen LogP contribution in [0.25, 0.3) is 11.0 Å². The van der Waals surface area contributed by atoms with Gasteiger partial charge in [0, 0.05) is 24.9 Å². The van der Waals surface area contributed by atoms with Gasteiger partial charge in [-0.15, -0.1) is 11.6 Å². The van der Waals surface area contributed by atoms with Crippen molar-refractivity contribution >= 4 is 38.6 Å². The molecule has 5 heteroatoms. The molecule has 0 bridgehead atoms. The Bertz CT molecular complexity index is 665. The molecule has 2 nitrogen and oxygen atoms in total. The quantitative estimate of drug-likeness (QED) is 0.719. The minimum Gasteiger partial charge on any atom is -0.328 e. The van der Waals surface area contributed by atoms with Crippen LogP contribution in [0.4, 0.5) is 4.39 Å². The van der Waals surface area contributed by atoms with Crippen molar-refractivity contribution in [2.45, 2.75) is 33.2 Å². The van der Waals surface area contributed by atoms with E-state index in [9.17, 15) is 4.39 Å². The third kappa shape index (κ3) is 2.48. The van der Waals surface area contributed by atoms with E-state index in [0.29, 0.717) is 28.1 Å². The number of rotatable bonds is 4. The van der Waals surface area contributed by atoms with Gasteiger partial charge in [0.25, 0.3) is 0 Å². The Hall–Kier alpha value is -0.610. The molecule has 108 valence electrons. The van der Waals surface area contributed by atoms with Gasteiger partial charge in [0.05, 0.1) is 15.5 Å². The third-order valence-corrected chi connectivity index (χ3v) is 5.10. The predicted octanol–water partition coefficient (Wildman–Crippen LogP) is 4.77. The van der Waals surface area contributed by atoms with Gasteiger partial charge < -0.3 is 4.57 Å². The molecule has 1 aromatic carbocycles. The number of nitrogens with zero attached hydrogens (tertiary/aromatic N) is 2. The molecule has 0 aliphatic heterocycles. The van der Waals surface area contributed by atoms with Crippen LogP contribution in [0.5, 0.6) is 0 Å². The van der Waals surface area contributed by atoms with Crippen molar-refractivity contribution in [3.05, 3.63) is 28.2 Å². The molecule has 0 N–H and O–H groups in total. The second kappa shape index (κ2) is 4.99. The summed E-state index contributed by atoms with van der Waals surface area (Å²) in [5.41, 5.74) is 2.09. The van der Waals surface area contributed by atoms with Gasteiger partial charge >= 0.3 is 0 Å². The normalized spacial score (nSPS) is 20.6. The number of aromatic nitrogens is 2. The molecule has 1 heterocycles. The number of hydrogen-bond donors (Lipinski definition) is 0. The zero-order chi connectivity index (χ0) is 14.5. The first-order valence-corrected chi connectivity index (χ1v) is 8.15. The molecule has 1 aliphatic rings. The fourth-order valence-electron chi connectivity index (χ4n) is 2.76. The molecule has 0 radical (unpaired) electrons. The first-order valence-electron chi connectivity index (χ1n) is 6.82. The Morgan fingerprint density at radius 3 is 2.80 bits per heavy atom. The number of benzene rings is 1. The van der Waals surface area contributed by atoms with E-state index >= 15 is 0 Å². The molecule has 1 atom stereocenters. The molecular weight excluding hydrogens is 343 g/mol. The van der Waals surface area contributed by atoms with Gasteiger partial charge in [0.1, 0.15) is 11.6 Å². The molecule has 0 spiro atoms. The number of fused-ring (bicyclic) bond motifs is 1. The third-order valence-electron chi connectivity index (χ3n) is 4.31. The Morgan fingerprint density at radius 2 is 2.20 bits per heavy atom. The van der Waals surface area contributed by atoms with Crippen LogP contribution >= 0.6 is 27.5 Å². The number of imidazole rings is 1. The Morgan fingerprint density at radius 1 is 1.50 bits per heavy atom. The van der Waals surface area contributed by atoms with E-state index in [2.05, 4.69) is 39.3 Å². The maximum absolute atomic E-state index is 13.8. The maximum Gasteiger partial charge on any atom is 0.139 e. The van der Waals surface area contributed by atoms with Crippen LogP contribution in [0.1, 0.15) is 26.1 Å². The van der Waals surface area contributed by atoms with Gasteiger partial charge in [-0.05, 0) is 39.8 Å². The molecule has 20 heavy (non-hydrogen) atoms. The smallest absolute Gasteiger partial charge is 0.139 e. The van der Waals surface area contributed by atoms with Crippen molar-refractivity contribution in [2.75, 3.05) is 5.88 Å². The number of alkyl halides is 1. The molecule has 3 rings (SSSR count). The van der Waals surface area contributed by atoms with Crippen LogP contribution in [0.3, 0.4) is 0 Å². The number of halogens is 3. The maximum atomic E-state index is 13.8. The van der Waals surface area contributed by atoms with E-state index in [1.165, 1.54) is 6.42 Å². The summed E-state index contributed by atoms with van der Waals surface area (Å²) in [7, 11) is 0. The van der Waals surface area contributed by atoms with Crippen molar-refractivity contribution in [1.29, 1.82) is 0 Å². The fraction of sp³-hybridized carbons (Fsp3) is 0.533. The monoisotopic (exact) mass is 358 g/mol. The Kier molecular flexibility index (Phi) is 3.57. The molecule has 0 saturated heterocycles. The van der Waals surface area contributed by atoms with Crippen LogP contribution in [-0.2, 0) is 13.0 Å². The van der Waals surface area contributed by atoms with Crippen molar-refractivity contribution in [3.8, 4) is 0 Å². The van der Waals surface area contributed by atoms with Gasteiger partial charge in [-0.3, -0.25) is 0 Å². The lowest BCUT2D eigenvalue weighted by molar-refractivity contribution is 0.496. The van der Waals surface area contributed by atoms with E-state index in [-0.39, 0.29) is 5.82 Å². The average molecular weight is 360 g/mol. The van der Waals surface area contributed by atoms with Gasteiger partial charge in [0.2, 0.25) is 0 Å². The highest BCUT2D eigenvalue weighted by molar-refractivity contribution is 9.10. The summed E-state index contributed by atoms with van der Waals surface area (Å²) in [4.78, 5) is 4.61. The predicted molar refractivity (Wildman–Crippen MR) is 83.7 cm³/mol. The van der Waals surface area contributed by atoms with E-state index in [0.717, 1.165) is 23.4 Å². The standard InChI is InChI=1S/C15H17BrClFN2/c1-15(2)7-9(15)8-20-13-6-11(18)10(16)5-12(13)19-14(20)3-4-17/h5-6,9H,3-4,7-8H2,1-2H3. The van der Waals surface area contributed by atoms with Crippen LogP contribution in [-0.4, -0.2) is 15.4 Å². The fourth-order valence-corrected chi connectivity index (χ4v) is 3.26. The summed E-state index contributed by atoms with van der Waals surface area (Å²) < 4.78 is 16.4. The molecule has 1 fully saturated rings. The molecule has 1 aromatic heterocycles. The lowest BCUT2D eigenvalue weighted by atomic mass is 10.1. The molecule has 2 aromatic rings. The van der Waals surface area contributed by atoms with Gasteiger partial charge in [-0.1, -0.05) is 13.8 Å². The summed E-state index contributed by atoms with van der Waals surface area (Å²) in [5.74, 6) is 1.88. The van der Waals surface area contributed by atoms with Gasteiger partial charge in [-0.25, -0.2) is 9.37 Å². The average Bonchev–Trinajstić information content (AvgIpc) is 2.84. The lowest BCUT2D eigenvalue weighted by Gasteiger charge is -2.10. The van der Waals surface area contributed by atoms with E-state index in [4.69, 9.17) is 11.6 Å². The highest BCUT2D eigenvalue weighted by Gasteiger charge is 2.45. The Balaban J connectivity index is 2.06. The second-order valence-corrected chi connectivity index (χ2v) is 7.45. The summed E-state index contributed by atoms with van der Waals surface area (Å²) in [6.45, 7) is 5.45. The van der Waals surface area contributed by atoms with Crippen molar-refractivity contribution in [2.24, 2.45) is 11.3 Å². The van der Waals surface area contributed by atoms with Crippen LogP contribution in [0.2, 0.25) is 0 Å². The first kappa shape index (κ1) is 14.3. The van der Waals surface area contributed by atoms with E-state index in [1.54, 1.807) is 12.1 Å². The Labute approximate surface area is 131 Å². The lowest BCUT2D eigenvalue weighted by Crippen LogP contribution is -2.08. The largest absolute Gasteiger partial charge is 0.328 e. The number of aryl methyl sites for hydroxylation is 1. The molecule has 0 amide bonds. The summed E-state index contributed by atoms with van der Waals surface area (Å²) in [6, 6.07) is 3.32. The minimum atomic E-state index is -0.244. The molecular formula is C15H17BrClFN2. The first-order chi connectivity index (χ1) is 9.42. The van der Waals surface area contributed by atoms with Crippen molar-refractivity contribution < 1.29 is 4.39 Å². The highest BCUT2D eigenvalue weighted by atomic mass is 79.9. The van der Waals surface area contributed by atoms with E-state index in [1.807, 2.05) is 0 Å². The zero-order valence-electron chi connectivity index (χ0n) is 11.6. The van der Waals surface area contributed by atoms with Crippen molar-refractivity contribution in [3.63, 3.8) is 0 Å². The SMILES string of the molecule is CC1(C)CC1Cn1c(CCCl)nc2cc(Br)c(F)cc21. The van der Waals surface area contributed by atoms with Crippen LogP contribution in [0.15, 0.2) is 16.6 Å². The van der Waals surface area contributed by atoms with Crippen LogP contribution in [0, 0.1) is 17.2 Å². The topological polar surface area (TPSA) is 17.8 Å². The minimum absolute atomic E-state index is 0.244. The number of hydrogen-bond acceptors (Lipinski definition) is 1. The summed E-state index contributed by atoms with van der Waals surface area (Å²) >= 11 is 9.09.